The van der Waals surface area contributed by atoms with Crippen molar-refractivity contribution in [1.82, 2.24) is 0 Å². The third kappa shape index (κ3) is 1.98. The Kier molecular flexibility index (Phi) is 3.25. The minimum absolute atomic E-state index is 0. The quantitative estimate of drug-likeness (QED) is 0.605. The SMILES string of the molecule is COc1ccc2[nH+]cccc2c1.[Br-]. The molecule has 2 nitrogen and oxygen atoms in total. The van der Waals surface area contributed by atoms with E-state index in [1.165, 1.54) is 0 Å². The number of nitrogens with one attached hydrogen (secondary N) is 1. The van der Waals surface area contributed by atoms with Crippen molar-refractivity contribution in [2.45, 2.75) is 0 Å². The molecule has 3 heteroatoms. The summed E-state index contributed by atoms with van der Waals surface area (Å²) < 4.78 is 5.11. The Morgan fingerprint density at radius 1 is 1.23 bits per heavy atom. The van der Waals surface area contributed by atoms with Crippen LogP contribution in [0.5, 0.6) is 5.75 Å². The maximum absolute atomic E-state index is 5.11. The van der Waals surface area contributed by atoms with E-state index in [4.69, 9.17) is 4.74 Å². The number of pyridine rings is 1. The third-order valence-electron chi connectivity index (χ3n) is 1.87. The first-order chi connectivity index (χ1) is 5.90. The molecule has 1 heterocycles. The maximum Gasteiger partial charge on any atom is 0.211 e. The van der Waals surface area contributed by atoms with Gasteiger partial charge in [0.15, 0.2) is 6.20 Å². The number of methoxy groups -OCH3 is 1. The lowest BCUT2D eigenvalue weighted by atomic mass is 10.2. The lowest BCUT2D eigenvalue weighted by molar-refractivity contribution is -0.344. The van der Waals surface area contributed by atoms with Gasteiger partial charge in [-0.1, -0.05) is 0 Å². The molecule has 1 aromatic heterocycles. The van der Waals surface area contributed by atoms with Gasteiger partial charge in [-0.15, -0.1) is 0 Å². The minimum atomic E-state index is 0. The molecule has 13 heavy (non-hydrogen) atoms. The van der Waals surface area contributed by atoms with E-state index in [9.17, 15) is 0 Å². The minimum Gasteiger partial charge on any atom is -1.00 e. The highest BCUT2D eigenvalue weighted by molar-refractivity contribution is 5.76. The highest BCUT2D eigenvalue weighted by Crippen LogP contribution is 2.16. The number of aromatic nitrogens is 1. The highest BCUT2D eigenvalue weighted by atomic mass is 79.9. The van der Waals surface area contributed by atoms with Crippen molar-refractivity contribution < 1.29 is 26.7 Å². The Balaban J connectivity index is 0.000000845. The molecule has 0 radical (unpaired) electrons. The molecule has 0 fully saturated rings. The Morgan fingerprint density at radius 3 is 2.85 bits per heavy atom. The molecule has 0 spiro atoms. The van der Waals surface area contributed by atoms with Crippen LogP contribution < -0.4 is 26.7 Å². The molecule has 2 rings (SSSR count). The molecule has 1 aromatic carbocycles. The molecule has 0 aliphatic heterocycles. The predicted molar refractivity (Wildman–Crippen MR) is 47.1 cm³/mol. The second kappa shape index (κ2) is 4.23. The van der Waals surface area contributed by atoms with Gasteiger partial charge in [-0.2, -0.15) is 0 Å². The van der Waals surface area contributed by atoms with Gasteiger partial charge in [-0.05, 0) is 18.2 Å². The van der Waals surface area contributed by atoms with E-state index in [0.717, 1.165) is 16.7 Å². The fraction of sp³-hybridized carbons (Fsp3) is 0.100. The molecular weight excluding hydrogens is 230 g/mol. The van der Waals surface area contributed by atoms with Gasteiger partial charge < -0.3 is 21.7 Å². The zero-order chi connectivity index (χ0) is 8.39. The normalized spacial score (nSPS) is 9.31. The molecule has 2 aromatic rings. The first-order valence-electron chi connectivity index (χ1n) is 3.84. The van der Waals surface area contributed by atoms with E-state index >= 15 is 0 Å². The molecule has 0 unspecified atom stereocenters. The molecule has 68 valence electrons. The van der Waals surface area contributed by atoms with Crippen LogP contribution in [0.3, 0.4) is 0 Å². The van der Waals surface area contributed by atoms with Gasteiger partial charge in [0.1, 0.15) is 5.75 Å². The van der Waals surface area contributed by atoms with E-state index in [1.54, 1.807) is 7.11 Å². The van der Waals surface area contributed by atoms with E-state index < -0.39 is 0 Å². The zero-order valence-electron chi connectivity index (χ0n) is 7.25. The predicted octanol–water partition coefficient (Wildman–Crippen LogP) is -1.33. The van der Waals surface area contributed by atoms with Gasteiger partial charge in [0.05, 0.1) is 7.11 Å². The number of H-pyrrole nitrogens is 1. The zero-order valence-corrected chi connectivity index (χ0v) is 8.84. The molecule has 0 amide bonds. The molecular formula is C10H10BrNO. The summed E-state index contributed by atoms with van der Waals surface area (Å²) in [6.45, 7) is 0. The third-order valence-corrected chi connectivity index (χ3v) is 1.87. The summed E-state index contributed by atoms with van der Waals surface area (Å²) in [6.07, 6.45) is 1.91. The van der Waals surface area contributed by atoms with E-state index in [-0.39, 0.29) is 17.0 Å². The Labute approximate surface area is 87.3 Å². The number of ether oxygens (including phenoxy) is 1. The monoisotopic (exact) mass is 239 g/mol. The van der Waals surface area contributed by atoms with E-state index in [2.05, 4.69) is 4.98 Å². The summed E-state index contributed by atoms with van der Waals surface area (Å²) >= 11 is 0. The number of aromatic amines is 1. The Morgan fingerprint density at radius 2 is 2.08 bits per heavy atom. The van der Waals surface area contributed by atoms with Crippen LogP contribution in [-0.4, -0.2) is 7.11 Å². The molecule has 1 N–H and O–H groups in total. The van der Waals surface area contributed by atoms with Crippen molar-refractivity contribution in [1.29, 1.82) is 0 Å². The standard InChI is InChI=1S/C10H9NO.BrH/c1-12-9-4-5-10-8(7-9)3-2-6-11-10;/h2-7H,1H3;1H. The first-order valence-corrected chi connectivity index (χ1v) is 3.84. The summed E-state index contributed by atoms with van der Waals surface area (Å²) in [5, 5.41) is 1.16. The van der Waals surface area contributed by atoms with Crippen LogP contribution in [-0.2, 0) is 0 Å². The smallest absolute Gasteiger partial charge is 0.211 e. The van der Waals surface area contributed by atoms with E-state index in [0.29, 0.717) is 0 Å². The summed E-state index contributed by atoms with van der Waals surface area (Å²) in [5.41, 5.74) is 1.12. The van der Waals surface area contributed by atoms with Crippen molar-refractivity contribution in [2.75, 3.05) is 7.11 Å². The van der Waals surface area contributed by atoms with Crippen molar-refractivity contribution >= 4 is 10.9 Å². The number of hydrogen-bond acceptors (Lipinski definition) is 1. The number of fused-ring (bicyclic) bond motifs is 1. The van der Waals surface area contributed by atoms with Crippen molar-refractivity contribution in [2.24, 2.45) is 0 Å². The molecule has 0 bridgehead atoms. The lowest BCUT2D eigenvalue weighted by Gasteiger charge is -1.97. The summed E-state index contributed by atoms with van der Waals surface area (Å²) in [7, 11) is 1.67. The van der Waals surface area contributed by atoms with Crippen molar-refractivity contribution in [3.8, 4) is 5.75 Å². The topological polar surface area (TPSA) is 23.4 Å². The summed E-state index contributed by atoms with van der Waals surface area (Å²) in [4.78, 5) is 3.15. The Hall–Kier alpha value is -1.09. The van der Waals surface area contributed by atoms with Crippen LogP contribution >= 0.6 is 0 Å². The van der Waals surface area contributed by atoms with Gasteiger partial charge in [-0.3, -0.25) is 0 Å². The van der Waals surface area contributed by atoms with Crippen LogP contribution in [0.1, 0.15) is 0 Å². The average molecular weight is 240 g/mol. The number of rotatable bonds is 1. The molecule has 0 aliphatic carbocycles. The fourth-order valence-electron chi connectivity index (χ4n) is 1.23. The van der Waals surface area contributed by atoms with Crippen LogP contribution in [0.4, 0.5) is 0 Å². The molecule has 0 aliphatic rings. The lowest BCUT2D eigenvalue weighted by Crippen LogP contribution is -3.00. The van der Waals surface area contributed by atoms with Crippen molar-refractivity contribution in [3.63, 3.8) is 0 Å². The molecule has 0 atom stereocenters. The Bertz CT molecular complexity index is 403. The second-order valence-corrected chi connectivity index (χ2v) is 2.62. The molecule has 0 saturated heterocycles. The van der Waals surface area contributed by atoms with Gasteiger partial charge in [-0.25, -0.2) is 4.98 Å². The number of halogens is 1. The van der Waals surface area contributed by atoms with Gasteiger partial charge in [0, 0.05) is 17.5 Å². The van der Waals surface area contributed by atoms with Crippen LogP contribution in [0.15, 0.2) is 36.5 Å². The van der Waals surface area contributed by atoms with Gasteiger partial charge in [0.25, 0.3) is 0 Å². The average Bonchev–Trinajstić information content (AvgIpc) is 2.17. The largest absolute Gasteiger partial charge is 1.00 e. The number of benzene rings is 1. The first kappa shape index (κ1) is 9.99. The van der Waals surface area contributed by atoms with Crippen molar-refractivity contribution in [3.05, 3.63) is 36.5 Å². The van der Waals surface area contributed by atoms with E-state index in [1.807, 2.05) is 36.5 Å². The van der Waals surface area contributed by atoms with Crippen LogP contribution in [0.2, 0.25) is 0 Å². The van der Waals surface area contributed by atoms with Crippen LogP contribution in [0, 0.1) is 0 Å². The van der Waals surface area contributed by atoms with Gasteiger partial charge >= 0.3 is 0 Å². The maximum atomic E-state index is 5.11. The second-order valence-electron chi connectivity index (χ2n) is 2.62. The molecule has 0 saturated carbocycles. The fourth-order valence-corrected chi connectivity index (χ4v) is 1.23. The van der Waals surface area contributed by atoms with Gasteiger partial charge in [0.2, 0.25) is 5.52 Å². The highest BCUT2D eigenvalue weighted by Gasteiger charge is 1.99. The summed E-state index contributed by atoms with van der Waals surface area (Å²) in [5.74, 6) is 0.891. The van der Waals surface area contributed by atoms with Crippen LogP contribution in [0.25, 0.3) is 10.9 Å². The summed E-state index contributed by atoms with van der Waals surface area (Å²) in [6, 6.07) is 9.98. The number of hydrogen-bond donors (Lipinski definition) is 0.